The van der Waals surface area contributed by atoms with Crippen molar-refractivity contribution in [1.29, 1.82) is 0 Å². The van der Waals surface area contributed by atoms with Gasteiger partial charge in [-0.1, -0.05) is 6.08 Å². The highest BCUT2D eigenvalue weighted by Gasteiger charge is 1.89. The van der Waals surface area contributed by atoms with Crippen molar-refractivity contribution in [2.24, 2.45) is 0 Å². The lowest BCUT2D eigenvalue weighted by molar-refractivity contribution is -0.140. The smallest absolute Gasteiger partial charge is 0.327 e. The first kappa shape index (κ1) is 9.68. The molecular weight excluding hydrogens is 148 g/mol. The summed E-state index contributed by atoms with van der Waals surface area (Å²) in [6.45, 7) is 1.54. The standard InChI is InChI=1S/C7H10O4/c1-6(8)11-5-3-2-4-7(9)10/h2,4H,3,5H2,1H3,(H,9,10). The minimum Gasteiger partial charge on any atom is -0.478 e. The second-order valence-corrected chi connectivity index (χ2v) is 1.87. The Hall–Kier alpha value is -1.32. The number of ether oxygens (including phenoxy) is 1. The Labute approximate surface area is 64.5 Å². The summed E-state index contributed by atoms with van der Waals surface area (Å²) >= 11 is 0. The third kappa shape index (κ3) is 8.68. The molecule has 0 aliphatic heterocycles. The van der Waals surface area contributed by atoms with Gasteiger partial charge in [-0.05, 0) is 0 Å². The van der Waals surface area contributed by atoms with E-state index in [0.717, 1.165) is 6.08 Å². The Morgan fingerprint density at radius 2 is 2.18 bits per heavy atom. The highest BCUT2D eigenvalue weighted by atomic mass is 16.5. The predicted molar refractivity (Wildman–Crippen MR) is 38.0 cm³/mol. The lowest BCUT2D eigenvalue weighted by Gasteiger charge is -1.95. The Bertz CT molecular complexity index is 171. The molecule has 0 saturated heterocycles. The molecule has 0 bridgehead atoms. The van der Waals surface area contributed by atoms with Crippen molar-refractivity contribution in [1.82, 2.24) is 0 Å². The molecular formula is C7H10O4. The van der Waals surface area contributed by atoms with Gasteiger partial charge in [-0.3, -0.25) is 4.79 Å². The van der Waals surface area contributed by atoms with E-state index in [1.807, 2.05) is 0 Å². The highest BCUT2D eigenvalue weighted by molar-refractivity contribution is 5.79. The Morgan fingerprint density at radius 1 is 1.55 bits per heavy atom. The zero-order valence-corrected chi connectivity index (χ0v) is 6.24. The van der Waals surface area contributed by atoms with Gasteiger partial charge in [0.25, 0.3) is 0 Å². The number of esters is 1. The van der Waals surface area contributed by atoms with Crippen molar-refractivity contribution in [3.05, 3.63) is 12.2 Å². The summed E-state index contributed by atoms with van der Waals surface area (Å²) in [5, 5.41) is 8.13. The van der Waals surface area contributed by atoms with Gasteiger partial charge in [-0.25, -0.2) is 4.79 Å². The van der Waals surface area contributed by atoms with Gasteiger partial charge in [0.05, 0.1) is 6.61 Å². The molecule has 1 N–H and O–H groups in total. The molecule has 0 aromatic rings. The minimum atomic E-state index is -0.993. The van der Waals surface area contributed by atoms with Crippen molar-refractivity contribution < 1.29 is 19.4 Å². The number of carbonyl (C=O) groups excluding carboxylic acids is 1. The van der Waals surface area contributed by atoms with Crippen LogP contribution in [0.1, 0.15) is 13.3 Å². The molecule has 0 aromatic carbocycles. The third-order valence-corrected chi connectivity index (χ3v) is 0.850. The second-order valence-electron chi connectivity index (χ2n) is 1.87. The fourth-order valence-electron chi connectivity index (χ4n) is 0.455. The number of carbonyl (C=O) groups is 2. The van der Waals surface area contributed by atoms with Crippen LogP contribution in [0.2, 0.25) is 0 Å². The number of rotatable bonds is 4. The monoisotopic (exact) mass is 158 g/mol. The van der Waals surface area contributed by atoms with Gasteiger partial charge in [0, 0.05) is 19.4 Å². The zero-order chi connectivity index (χ0) is 8.69. The van der Waals surface area contributed by atoms with Crippen LogP contribution in [0.15, 0.2) is 12.2 Å². The minimum absolute atomic E-state index is 0.235. The molecule has 4 nitrogen and oxygen atoms in total. The maximum atomic E-state index is 10.2. The van der Waals surface area contributed by atoms with Crippen LogP contribution < -0.4 is 0 Å². The predicted octanol–water partition coefficient (Wildman–Crippen LogP) is 0.580. The van der Waals surface area contributed by atoms with Crippen molar-refractivity contribution in [3.63, 3.8) is 0 Å². The average Bonchev–Trinajstić information content (AvgIpc) is 1.85. The molecule has 0 spiro atoms. The molecule has 0 fully saturated rings. The van der Waals surface area contributed by atoms with Crippen molar-refractivity contribution >= 4 is 11.9 Å². The lowest BCUT2D eigenvalue weighted by Crippen LogP contribution is -1.99. The summed E-state index contributed by atoms with van der Waals surface area (Å²) in [7, 11) is 0. The average molecular weight is 158 g/mol. The van der Waals surface area contributed by atoms with Gasteiger partial charge in [-0.15, -0.1) is 0 Å². The Morgan fingerprint density at radius 3 is 2.64 bits per heavy atom. The van der Waals surface area contributed by atoms with Crippen LogP contribution in [0.25, 0.3) is 0 Å². The van der Waals surface area contributed by atoms with Crippen LogP contribution in [0.4, 0.5) is 0 Å². The van der Waals surface area contributed by atoms with Gasteiger partial charge in [0.2, 0.25) is 0 Å². The van der Waals surface area contributed by atoms with Gasteiger partial charge < -0.3 is 9.84 Å². The molecule has 0 aliphatic rings. The quantitative estimate of drug-likeness (QED) is 0.369. The van der Waals surface area contributed by atoms with E-state index in [2.05, 4.69) is 4.74 Å². The van der Waals surface area contributed by atoms with E-state index in [9.17, 15) is 9.59 Å². The summed E-state index contributed by atoms with van der Waals surface area (Å²) in [4.78, 5) is 20.1. The number of carboxylic acids is 1. The molecule has 0 unspecified atom stereocenters. The van der Waals surface area contributed by atoms with Crippen molar-refractivity contribution in [3.8, 4) is 0 Å². The summed E-state index contributed by atoms with van der Waals surface area (Å²) in [5.74, 6) is -1.35. The number of hydrogen-bond donors (Lipinski definition) is 1. The van der Waals surface area contributed by atoms with E-state index in [1.54, 1.807) is 0 Å². The number of aliphatic carboxylic acids is 1. The molecule has 0 heterocycles. The van der Waals surface area contributed by atoms with Crippen LogP contribution >= 0.6 is 0 Å². The van der Waals surface area contributed by atoms with E-state index in [4.69, 9.17) is 5.11 Å². The molecule has 0 amide bonds. The van der Waals surface area contributed by atoms with E-state index < -0.39 is 5.97 Å². The van der Waals surface area contributed by atoms with Crippen molar-refractivity contribution in [2.45, 2.75) is 13.3 Å². The van der Waals surface area contributed by atoms with Crippen LogP contribution in [0.3, 0.4) is 0 Å². The summed E-state index contributed by atoms with van der Waals surface area (Å²) < 4.78 is 4.54. The van der Waals surface area contributed by atoms with E-state index >= 15 is 0 Å². The van der Waals surface area contributed by atoms with Gasteiger partial charge >= 0.3 is 11.9 Å². The maximum absolute atomic E-state index is 10.2. The largest absolute Gasteiger partial charge is 0.478 e. The van der Waals surface area contributed by atoms with E-state index in [-0.39, 0.29) is 12.6 Å². The Kier molecular flexibility index (Phi) is 4.81. The summed E-state index contributed by atoms with van der Waals surface area (Å²) in [6, 6.07) is 0. The SMILES string of the molecule is CC(=O)OCCC=CC(=O)O. The third-order valence-electron chi connectivity index (χ3n) is 0.850. The molecule has 0 rings (SSSR count). The molecule has 0 radical (unpaired) electrons. The van der Waals surface area contributed by atoms with Gasteiger partial charge in [-0.2, -0.15) is 0 Å². The second kappa shape index (κ2) is 5.46. The summed E-state index contributed by atoms with van der Waals surface area (Å²) in [6.07, 6.45) is 2.89. The molecule has 0 aromatic heterocycles. The Balaban J connectivity index is 3.27. The summed E-state index contributed by atoms with van der Waals surface area (Å²) in [5.41, 5.74) is 0. The van der Waals surface area contributed by atoms with Crippen molar-refractivity contribution in [2.75, 3.05) is 6.61 Å². The van der Waals surface area contributed by atoms with Gasteiger partial charge in [0.1, 0.15) is 0 Å². The molecule has 4 heteroatoms. The number of carboxylic acid groups (broad SMARTS) is 1. The molecule has 0 atom stereocenters. The van der Waals surface area contributed by atoms with Gasteiger partial charge in [0.15, 0.2) is 0 Å². The van der Waals surface area contributed by atoms with E-state index in [0.29, 0.717) is 6.42 Å². The van der Waals surface area contributed by atoms with Crippen LogP contribution in [-0.2, 0) is 14.3 Å². The van der Waals surface area contributed by atoms with E-state index in [1.165, 1.54) is 13.0 Å². The molecule has 11 heavy (non-hydrogen) atoms. The molecule has 62 valence electrons. The van der Waals surface area contributed by atoms with Crippen LogP contribution in [0, 0.1) is 0 Å². The lowest BCUT2D eigenvalue weighted by atomic mass is 10.4. The highest BCUT2D eigenvalue weighted by Crippen LogP contribution is 1.85. The first-order chi connectivity index (χ1) is 5.13. The molecule has 0 saturated carbocycles. The topological polar surface area (TPSA) is 63.6 Å². The normalized spacial score (nSPS) is 9.91. The number of hydrogen-bond acceptors (Lipinski definition) is 3. The first-order valence-corrected chi connectivity index (χ1v) is 3.15. The fourth-order valence-corrected chi connectivity index (χ4v) is 0.455. The fraction of sp³-hybridized carbons (Fsp3) is 0.429. The van der Waals surface area contributed by atoms with Crippen LogP contribution in [0.5, 0.6) is 0 Å². The molecule has 0 aliphatic carbocycles. The van der Waals surface area contributed by atoms with Crippen LogP contribution in [-0.4, -0.2) is 23.7 Å². The first-order valence-electron chi connectivity index (χ1n) is 3.15. The zero-order valence-electron chi connectivity index (χ0n) is 6.24. The maximum Gasteiger partial charge on any atom is 0.327 e.